The number of nitrogens with zero attached hydrogens (tertiary/aromatic N) is 1. The summed E-state index contributed by atoms with van der Waals surface area (Å²) in [7, 11) is 4.20. The van der Waals surface area contributed by atoms with E-state index in [4.69, 9.17) is 0 Å². The van der Waals surface area contributed by atoms with E-state index in [1.54, 1.807) is 0 Å². The molecule has 3 heteroatoms. The first-order valence-electron chi connectivity index (χ1n) is 5.61. The lowest BCUT2D eigenvalue weighted by molar-refractivity contribution is -0.122. The Labute approximate surface area is 86.9 Å². The number of carbonyl (C=O) groups is 1. The predicted molar refractivity (Wildman–Crippen MR) is 58.2 cm³/mol. The Morgan fingerprint density at radius 2 is 2.00 bits per heavy atom. The fourth-order valence-electron chi connectivity index (χ4n) is 2.21. The third-order valence-electron chi connectivity index (χ3n) is 3.06. The normalized spacial score (nSPS) is 27.7. The van der Waals surface area contributed by atoms with Gasteiger partial charge >= 0.3 is 0 Å². The highest BCUT2D eigenvalue weighted by Crippen LogP contribution is 2.21. The molecule has 1 N–H and O–H groups in total. The first-order valence-corrected chi connectivity index (χ1v) is 5.61. The highest BCUT2D eigenvalue weighted by molar-refractivity contribution is 5.75. The molecule has 1 aliphatic rings. The van der Waals surface area contributed by atoms with Gasteiger partial charge in [0.05, 0.1) is 0 Å². The van der Waals surface area contributed by atoms with Gasteiger partial charge in [0.25, 0.3) is 0 Å². The van der Waals surface area contributed by atoms with Crippen molar-refractivity contribution in [2.24, 2.45) is 0 Å². The molecule has 3 nitrogen and oxygen atoms in total. The summed E-state index contributed by atoms with van der Waals surface area (Å²) in [5.74, 6) is 0.184. The number of hydrogen-bond donors (Lipinski definition) is 1. The smallest absolute Gasteiger partial charge is 0.219 e. The quantitative estimate of drug-likeness (QED) is 0.743. The van der Waals surface area contributed by atoms with Gasteiger partial charge in [-0.25, -0.2) is 0 Å². The lowest BCUT2D eigenvalue weighted by Gasteiger charge is -2.36. The minimum absolute atomic E-state index is 0.184. The molecule has 0 aromatic heterocycles. The van der Waals surface area contributed by atoms with E-state index in [1.165, 1.54) is 19.3 Å². The van der Waals surface area contributed by atoms with Crippen LogP contribution < -0.4 is 5.32 Å². The molecule has 0 bridgehead atoms. The molecule has 82 valence electrons. The van der Waals surface area contributed by atoms with Crippen LogP contribution in [0.15, 0.2) is 0 Å². The minimum Gasteiger partial charge on any atom is -0.352 e. The molecule has 0 radical (unpaired) electrons. The van der Waals surface area contributed by atoms with Crippen molar-refractivity contribution in [1.82, 2.24) is 10.2 Å². The van der Waals surface area contributed by atoms with Crippen LogP contribution in [-0.4, -0.2) is 37.0 Å². The zero-order valence-electron chi connectivity index (χ0n) is 9.55. The summed E-state index contributed by atoms with van der Waals surface area (Å²) in [5.41, 5.74) is 0. The molecule has 1 fully saturated rings. The van der Waals surface area contributed by atoms with E-state index in [9.17, 15) is 4.79 Å². The van der Waals surface area contributed by atoms with Crippen LogP contribution in [0.3, 0.4) is 0 Å². The SMILES string of the molecule is CCC(=O)N[C@H]1CCCCC1N(C)C. The van der Waals surface area contributed by atoms with Crippen LogP contribution in [0.1, 0.15) is 39.0 Å². The molecule has 0 saturated heterocycles. The van der Waals surface area contributed by atoms with Crippen molar-refractivity contribution in [3.8, 4) is 0 Å². The molecule has 1 saturated carbocycles. The molecule has 2 atom stereocenters. The number of rotatable bonds is 3. The van der Waals surface area contributed by atoms with Gasteiger partial charge in [0.2, 0.25) is 5.91 Å². The fraction of sp³-hybridized carbons (Fsp3) is 0.909. The molecule has 0 heterocycles. The Morgan fingerprint density at radius 1 is 1.36 bits per heavy atom. The summed E-state index contributed by atoms with van der Waals surface area (Å²) in [4.78, 5) is 13.6. The first-order chi connectivity index (χ1) is 6.65. The van der Waals surface area contributed by atoms with E-state index in [0.29, 0.717) is 18.5 Å². The summed E-state index contributed by atoms with van der Waals surface area (Å²) >= 11 is 0. The summed E-state index contributed by atoms with van der Waals surface area (Å²) in [5, 5.41) is 3.12. The van der Waals surface area contributed by atoms with E-state index in [1.807, 2.05) is 6.92 Å². The maximum atomic E-state index is 11.3. The summed E-state index contributed by atoms with van der Waals surface area (Å²) < 4.78 is 0. The molecule has 14 heavy (non-hydrogen) atoms. The molecule has 1 rings (SSSR count). The van der Waals surface area contributed by atoms with Crippen LogP contribution in [0.4, 0.5) is 0 Å². The van der Waals surface area contributed by atoms with Gasteiger partial charge in [-0.2, -0.15) is 0 Å². The second kappa shape index (κ2) is 5.35. The molecule has 0 spiro atoms. The third kappa shape index (κ3) is 2.98. The Hall–Kier alpha value is -0.570. The van der Waals surface area contributed by atoms with Crippen LogP contribution in [0.25, 0.3) is 0 Å². The van der Waals surface area contributed by atoms with Gasteiger partial charge in [0.15, 0.2) is 0 Å². The van der Waals surface area contributed by atoms with Crippen molar-refractivity contribution < 1.29 is 4.79 Å². The Bertz CT molecular complexity index is 192. The topological polar surface area (TPSA) is 32.3 Å². The zero-order valence-corrected chi connectivity index (χ0v) is 9.55. The van der Waals surface area contributed by atoms with Crippen LogP contribution in [0.2, 0.25) is 0 Å². The second-order valence-electron chi connectivity index (χ2n) is 4.34. The zero-order chi connectivity index (χ0) is 10.6. The van der Waals surface area contributed by atoms with Gasteiger partial charge in [-0.3, -0.25) is 4.79 Å². The summed E-state index contributed by atoms with van der Waals surface area (Å²) in [6, 6.07) is 0.894. The van der Waals surface area contributed by atoms with E-state index < -0.39 is 0 Å². The highest BCUT2D eigenvalue weighted by Gasteiger charge is 2.27. The van der Waals surface area contributed by atoms with Crippen molar-refractivity contribution in [2.45, 2.75) is 51.1 Å². The molecule has 1 amide bonds. The third-order valence-corrected chi connectivity index (χ3v) is 3.06. The summed E-state index contributed by atoms with van der Waals surface area (Å²) in [6.45, 7) is 1.91. The summed E-state index contributed by atoms with van der Waals surface area (Å²) in [6.07, 6.45) is 5.48. The van der Waals surface area contributed by atoms with Crippen LogP contribution in [-0.2, 0) is 4.79 Å². The van der Waals surface area contributed by atoms with Crippen molar-refractivity contribution in [3.05, 3.63) is 0 Å². The van der Waals surface area contributed by atoms with Crippen molar-refractivity contribution in [3.63, 3.8) is 0 Å². The number of nitrogens with one attached hydrogen (secondary N) is 1. The lowest BCUT2D eigenvalue weighted by atomic mass is 9.89. The molecular weight excluding hydrogens is 176 g/mol. The average Bonchev–Trinajstić information content (AvgIpc) is 2.18. The highest BCUT2D eigenvalue weighted by atomic mass is 16.1. The van der Waals surface area contributed by atoms with Gasteiger partial charge in [-0.15, -0.1) is 0 Å². The molecular formula is C11H22N2O. The van der Waals surface area contributed by atoms with Gasteiger partial charge in [-0.1, -0.05) is 19.8 Å². The van der Waals surface area contributed by atoms with Crippen LogP contribution >= 0.6 is 0 Å². The Kier molecular flexibility index (Phi) is 4.39. The Balaban J connectivity index is 2.49. The number of amides is 1. The van der Waals surface area contributed by atoms with E-state index in [0.717, 1.165) is 6.42 Å². The van der Waals surface area contributed by atoms with Crippen molar-refractivity contribution in [2.75, 3.05) is 14.1 Å². The first kappa shape index (κ1) is 11.5. The van der Waals surface area contributed by atoms with E-state index >= 15 is 0 Å². The van der Waals surface area contributed by atoms with Crippen LogP contribution in [0, 0.1) is 0 Å². The lowest BCUT2D eigenvalue weighted by Crippen LogP contribution is -2.50. The maximum absolute atomic E-state index is 11.3. The standard InChI is InChI=1S/C11H22N2O/c1-4-11(14)12-9-7-5-6-8-10(9)13(2)3/h9-10H,4-8H2,1-3H3,(H,12,14)/t9-,10?/m0/s1. The number of likely N-dealkylation sites (N-methyl/N-ethyl adjacent to an activating group) is 1. The maximum Gasteiger partial charge on any atom is 0.219 e. The second-order valence-corrected chi connectivity index (χ2v) is 4.34. The average molecular weight is 198 g/mol. The number of carbonyl (C=O) groups excluding carboxylic acids is 1. The molecule has 1 aliphatic carbocycles. The monoisotopic (exact) mass is 198 g/mol. The molecule has 0 aliphatic heterocycles. The van der Waals surface area contributed by atoms with Gasteiger partial charge < -0.3 is 10.2 Å². The van der Waals surface area contributed by atoms with Crippen LogP contribution in [0.5, 0.6) is 0 Å². The van der Waals surface area contributed by atoms with E-state index in [-0.39, 0.29) is 5.91 Å². The van der Waals surface area contributed by atoms with E-state index in [2.05, 4.69) is 24.3 Å². The molecule has 0 aromatic rings. The molecule has 0 aromatic carbocycles. The van der Waals surface area contributed by atoms with Gasteiger partial charge in [0.1, 0.15) is 0 Å². The molecule has 1 unspecified atom stereocenters. The van der Waals surface area contributed by atoms with Gasteiger partial charge in [-0.05, 0) is 26.9 Å². The van der Waals surface area contributed by atoms with Crippen molar-refractivity contribution >= 4 is 5.91 Å². The Morgan fingerprint density at radius 3 is 2.57 bits per heavy atom. The largest absolute Gasteiger partial charge is 0.352 e. The minimum atomic E-state index is 0.184. The predicted octanol–water partition coefficient (Wildman–Crippen LogP) is 1.39. The van der Waals surface area contributed by atoms with Gasteiger partial charge in [0, 0.05) is 18.5 Å². The van der Waals surface area contributed by atoms with Crippen molar-refractivity contribution in [1.29, 1.82) is 0 Å². The fourth-order valence-corrected chi connectivity index (χ4v) is 2.21. The number of hydrogen-bond acceptors (Lipinski definition) is 2.